The molecule has 2 aromatic rings. The van der Waals surface area contributed by atoms with Crippen molar-refractivity contribution in [3.63, 3.8) is 0 Å². The molecule has 2 N–H and O–H groups in total. The van der Waals surface area contributed by atoms with Crippen molar-refractivity contribution in [2.45, 2.75) is 6.54 Å². The van der Waals surface area contributed by atoms with E-state index in [0.29, 0.717) is 11.1 Å². The SMILES string of the molecule is NCc1cccc(-c2ccncc2)c1F. The van der Waals surface area contributed by atoms with Gasteiger partial charge in [0.15, 0.2) is 0 Å². The number of hydrogen-bond donors (Lipinski definition) is 1. The van der Waals surface area contributed by atoms with Crippen molar-refractivity contribution in [1.82, 2.24) is 4.98 Å². The zero-order valence-electron chi connectivity index (χ0n) is 8.15. The molecule has 0 aliphatic carbocycles. The van der Waals surface area contributed by atoms with Gasteiger partial charge in [-0.15, -0.1) is 0 Å². The summed E-state index contributed by atoms with van der Waals surface area (Å²) in [5.41, 5.74) is 7.36. The van der Waals surface area contributed by atoms with Gasteiger partial charge < -0.3 is 5.73 Å². The van der Waals surface area contributed by atoms with Gasteiger partial charge in [-0.1, -0.05) is 18.2 Å². The lowest BCUT2D eigenvalue weighted by molar-refractivity contribution is 0.614. The first-order valence-corrected chi connectivity index (χ1v) is 4.71. The summed E-state index contributed by atoms with van der Waals surface area (Å²) in [6, 6.07) is 8.79. The standard InChI is InChI=1S/C12H11FN2/c13-12-10(8-14)2-1-3-11(12)9-4-6-15-7-5-9/h1-7H,8,14H2. The van der Waals surface area contributed by atoms with E-state index in [1.54, 1.807) is 42.7 Å². The Morgan fingerprint density at radius 3 is 2.53 bits per heavy atom. The van der Waals surface area contributed by atoms with Gasteiger partial charge in [0.25, 0.3) is 0 Å². The van der Waals surface area contributed by atoms with Gasteiger partial charge in [0.05, 0.1) is 0 Å². The quantitative estimate of drug-likeness (QED) is 0.811. The van der Waals surface area contributed by atoms with Crippen LogP contribution >= 0.6 is 0 Å². The van der Waals surface area contributed by atoms with Gasteiger partial charge >= 0.3 is 0 Å². The highest BCUT2D eigenvalue weighted by Gasteiger charge is 2.07. The molecule has 0 bridgehead atoms. The van der Waals surface area contributed by atoms with Crippen molar-refractivity contribution in [2.24, 2.45) is 5.73 Å². The third kappa shape index (κ3) is 1.87. The number of benzene rings is 1. The molecule has 2 rings (SSSR count). The fourth-order valence-corrected chi connectivity index (χ4v) is 1.49. The summed E-state index contributed by atoms with van der Waals surface area (Å²) in [5, 5.41) is 0. The van der Waals surface area contributed by atoms with E-state index in [4.69, 9.17) is 5.73 Å². The molecule has 1 aromatic carbocycles. The maximum atomic E-state index is 13.9. The molecule has 3 heteroatoms. The molecule has 1 heterocycles. The molecule has 0 radical (unpaired) electrons. The van der Waals surface area contributed by atoms with Crippen molar-refractivity contribution >= 4 is 0 Å². The second-order valence-corrected chi connectivity index (χ2v) is 3.22. The molecule has 0 amide bonds. The van der Waals surface area contributed by atoms with Crippen molar-refractivity contribution in [3.05, 3.63) is 54.1 Å². The second kappa shape index (κ2) is 4.19. The Balaban J connectivity index is 2.54. The zero-order valence-corrected chi connectivity index (χ0v) is 8.15. The number of hydrogen-bond acceptors (Lipinski definition) is 2. The van der Waals surface area contributed by atoms with Gasteiger partial charge in [-0.25, -0.2) is 4.39 Å². The van der Waals surface area contributed by atoms with Gasteiger partial charge in [-0.3, -0.25) is 4.98 Å². The molecule has 15 heavy (non-hydrogen) atoms. The monoisotopic (exact) mass is 202 g/mol. The van der Waals surface area contributed by atoms with Crippen LogP contribution in [-0.2, 0) is 6.54 Å². The van der Waals surface area contributed by atoms with Crippen molar-refractivity contribution < 1.29 is 4.39 Å². The Bertz CT molecular complexity index is 454. The number of pyridine rings is 1. The number of nitrogens with two attached hydrogens (primary N) is 1. The van der Waals surface area contributed by atoms with Crippen molar-refractivity contribution in [1.29, 1.82) is 0 Å². The van der Waals surface area contributed by atoms with E-state index in [1.165, 1.54) is 0 Å². The minimum atomic E-state index is -0.244. The van der Waals surface area contributed by atoms with Crippen molar-refractivity contribution in [2.75, 3.05) is 0 Å². The third-order valence-corrected chi connectivity index (χ3v) is 2.29. The van der Waals surface area contributed by atoms with Gasteiger partial charge in [0, 0.05) is 30.1 Å². The van der Waals surface area contributed by atoms with Gasteiger partial charge in [-0.2, -0.15) is 0 Å². The molecule has 0 saturated carbocycles. The van der Waals surface area contributed by atoms with Crippen LogP contribution in [-0.4, -0.2) is 4.98 Å². The van der Waals surface area contributed by atoms with E-state index in [0.717, 1.165) is 5.56 Å². The topological polar surface area (TPSA) is 38.9 Å². The van der Waals surface area contributed by atoms with E-state index >= 15 is 0 Å². The van der Waals surface area contributed by atoms with E-state index < -0.39 is 0 Å². The van der Waals surface area contributed by atoms with E-state index in [9.17, 15) is 4.39 Å². The Morgan fingerprint density at radius 2 is 1.87 bits per heavy atom. The first-order chi connectivity index (χ1) is 7.33. The lowest BCUT2D eigenvalue weighted by Crippen LogP contribution is -2.00. The molecule has 0 saturated heterocycles. The Kier molecular flexibility index (Phi) is 2.74. The molecule has 0 atom stereocenters. The average Bonchev–Trinajstić information content (AvgIpc) is 2.30. The van der Waals surface area contributed by atoms with E-state index in [-0.39, 0.29) is 12.4 Å². The van der Waals surface area contributed by atoms with Crippen LogP contribution in [0.4, 0.5) is 4.39 Å². The summed E-state index contributed by atoms with van der Waals surface area (Å²) in [7, 11) is 0. The normalized spacial score (nSPS) is 10.3. The molecule has 1 aromatic heterocycles. The van der Waals surface area contributed by atoms with E-state index in [1.807, 2.05) is 0 Å². The molecule has 2 nitrogen and oxygen atoms in total. The van der Waals surface area contributed by atoms with Crippen LogP contribution in [0, 0.1) is 5.82 Å². The van der Waals surface area contributed by atoms with Gasteiger partial charge in [0.1, 0.15) is 5.82 Å². The van der Waals surface area contributed by atoms with Crippen LogP contribution in [0.5, 0.6) is 0 Å². The van der Waals surface area contributed by atoms with Crippen LogP contribution in [0.15, 0.2) is 42.7 Å². The van der Waals surface area contributed by atoms with Crippen LogP contribution in [0.3, 0.4) is 0 Å². The fraction of sp³-hybridized carbons (Fsp3) is 0.0833. The van der Waals surface area contributed by atoms with E-state index in [2.05, 4.69) is 4.98 Å². The summed E-state index contributed by atoms with van der Waals surface area (Å²) in [6.07, 6.45) is 3.29. The number of rotatable bonds is 2. The molecular formula is C12H11FN2. The van der Waals surface area contributed by atoms with Crippen molar-refractivity contribution in [3.8, 4) is 11.1 Å². The van der Waals surface area contributed by atoms with Gasteiger partial charge in [0.2, 0.25) is 0 Å². The second-order valence-electron chi connectivity index (χ2n) is 3.22. The summed E-state index contributed by atoms with van der Waals surface area (Å²) in [4.78, 5) is 3.90. The van der Waals surface area contributed by atoms with Gasteiger partial charge in [-0.05, 0) is 17.7 Å². The minimum Gasteiger partial charge on any atom is -0.326 e. The van der Waals surface area contributed by atoms with Crippen LogP contribution in [0.2, 0.25) is 0 Å². The number of aromatic nitrogens is 1. The Morgan fingerprint density at radius 1 is 1.13 bits per heavy atom. The summed E-state index contributed by atoms with van der Waals surface area (Å²) >= 11 is 0. The fourth-order valence-electron chi connectivity index (χ4n) is 1.49. The molecule has 0 aliphatic rings. The Labute approximate surface area is 87.6 Å². The Hall–Kier alpha value is -1.74. The van der Waals surface area contributed by atoms with Crippen LogP contribution in [0.1, 0.15) is 5.56 Å². The number of halogens is 1. The highest BCUT2D eigenvalue weighted by atomic mass is 19.1. The molecule has 0 unspecified atom stereocenters. The molecule has 0 spiro atoms. The average molecular weight is 202 g/mol. The minimum absolute atomic E-state index is 0.213. The van der Waals surface area contributed by atoms with Crippen LogP contribution < -0.4 is 5.73 Å². The van der Waals surface area contributed by atoms with Crippen LogP contribution in [0.25, 0.3) is 11.1 Å². The first kappa shape index (κ1) is 9.80. The zero-order chi connectivity index (χ0) is 10.7. The molecule has 0 aliphatic heterocycles. The lowest BCUT2D eigenvalue weighted by Gasteiger charge is -2.06. The lowest BCUT2D eigenvalue weighted by atomic mass is 10.0. The predicted octanol–water partition coefficient (Wildman–Crippen LogP) is 2.35. The molecule has 0 fully saturated rings. The maximum absolute atomic E-state index is 13.9. The highest BCUT2D eigenvalue weighted by molar-refractivity contribution is 5.64. The number of nitrogens with zero attached hydrogens (tertiary/aromatic N) is 1. The summed E-state index contributed by atoms with van der Waals surface area (Å²) in [6.45, 7) is 0.213. The summed E-state index contributed by atoms with van der Waals surface area (Å²) in [5.74, 6) is -0.244. The maximum Gasteiger partial charge on any atom is 0.135 e. The predicted molar refractivity (Wildman–Crippen MR) is 57.5 cm³/mol. The smallest absolute Gasteiger partial charge is 0.135 e. The highest BCUT2D eigenvalue weighted by Crippen LogP contribution is 2.23. The largest absolute Gasteiger partial charge is 0.326 e. The summed E-state index contributed by atoms with van der Waals surface area (Å²) < 4.78 is 13.9. The molecular weight excluding hydrogens is 191 g/mol. The molecule has 76 valence electrons. The first-order valence-electron chi connectivity index (χ1n) is 4.71. The third-order valence-electron chi connectivity index (χ3n) is 2.29.